The van der Waals surface area contributed by atoms with Crippen LogP contribution in [0.3, 0.4) is 0 Å². The molecule has 1 aromatic rings. The van der Waals surface area contributed by atoms with Crippen molar-refractivity contribution in [3.63, 3.8) is 0 Å². The topological polar surface area (TPSA) is 41.6 Å². The number of hydrogen-bond donors (Lipinski definition) is 1. The van der Waals surface area contributed by atoms with Crippen molar-refractivity contribution < 1.29 is 9.53 Å². The van der Waals surface area contributed by atoms with Crippen molar-refractivity contribution >= 4 is 18.3 Å². The van der Waals surface area contributed by atoms with Crippen molar-refractivity contribution in [1.29, 1.82) is 0 Å². The summed E-state index contributed by atoms with van der Waals surface area (Å²) >= 11 is 0. The maximum atomic E-state index is 12.5. The molecule has 5 heteroatoms. The monoisotopic (exact) mass is 352 g/mol. The fraction of sp³-hybridized carbons (Fsp3) is 0.632. The smallest absolute Gasteiger partial charge is 0.253 e. The van der Waals surface area contributed by atoms with Crippen molar-refractivity contribution in [2.75, 3.05) is 32.8 Å². The first-order chi connectivity index (χ1) is 11.2. The maximum Gasteiger partial charge on any atom is 0.253 e. The minimum Gasteiger partial charge on any atom is -0.493 e. The fourth-order valence-corrected chi connectivity index (χ4v) is 3.35. The molecule has 2 aliphatic rings. The van der Waals surface area contributed by atoms with Crippen molar-refractivity contribution in [2.24, 2.45) is 11.8 Å². The van der Waals surface area contributed by atoms with Crippen LogP contribution in [0.15, 0.2) is 24.3 Å². The lowest BCUT2D eigenvalue weighted by molar-refractivity contribution is 0.0697. The summed E-state index contributed by atoms with van der Waals surface area (Å²) in [5.41, 5.74) is 0.772. The van der Waals surface area contributed by atoms with E-state index in [0.717, 1.165) is 62.9 Å². The average Bonchev–Trinajstić information content (AvgIpc) is 2.61. The molecule has 2 aliphatic heterocycles. The van der Waals surface area contributed by atoms with Crippen LogP contribution in [0.5, 0.6) is 5.75 Å². The molecule has 0 bridgehead atoms. The number of carbonyl (C=O) groups excluding carboxylic acids is 1. The molecule has 1 aromatic carbocycles. The van der Waals surface area contributed by atoms with Gasteiger partial charge in [0.15, 0.2) is 0 Å². The normalized spacial score (nSPS) is 19.6. The Bertz CT molecular complexity index is 507. The lowest BCUT2D eigenvalue weighted by Gasteiger charge is -2.30. The third kappa shape index (κ3) is 5.12. The van der Waals surface area contributed by atoms with E-state index in [9.17, 15) is 4.79 Å². The van der Waals surface area contributed by atoms with Crippen LogP contribution in [0.2, 0.25) is 0 Å². The van der Waals surface area contributed by atoms with Crippen LogP contribution in [-0.4, -0.2) is 43.6 Å². The molecule has 24 heavy (non-hydrogen) atoms. The second-order valence-corrected chi connectivity index (χ2v) is 7.00. The van der Waals surface area contributed by atoms with E-state index in [0.29, 0.717) is 5.92 Å². The molecule has 0 atom stereocenters. The standard InChI is InChI=1S/C19H28N2O2.ClH/c1-15-8-12-21(13-9-15)19(22)17-2-4-18(5-3-17)23-14-16-6-10-20-11-7-16;/h2-5,15-16,20H,6-14H2,1H3;1H. The van der Waals surface area contributed by atoms with Crippen LogP contribution >= 0.6 is 12.4 Å². The molecule has 134 valence electrons. The highest BCUT2D eigenvalue weighted by Crippen LogP contribution is 2.20. The Morgan fingerprint density at radius 2 is 1.75 bits per heavy atom. The first-order valence-electron chi connectivity index (χ1n) is 8.95. The van der Waals surface area contributed by atoms with E-state index in [-0.39, 0.29) is 18.3 Å². The molecule has 0 spiro atoms. The number of carbonyl (C=O) groups is 1. The number of ether oxygens (including phenoxy) is 1. The summed E-state index contributed by atoms with van der Waals surface area (Å²) in [5, 5.41) is 3.37. The molecule has 0 aromatic heterocycles. The fourth-order valence-electron chi connectivity index (χ4n) is 3.35. The van der Waals surface area contributed by atoms with Gasteiger partial charge in [-0.2, -0.15) is 0 Å². The number of rotatable bonds is 4. The van der Waals surface area contributed by atoms with Gasteiger partial charge in [0.2, 0.25) is 0 Å². The average molecular weight is 353 g/mol. The number of halogens is 1. The molecule has 0 unspecified atom stereocenters. The summed E-state index contributed by atoms with van der Waals surface area (Å²) in [4.78, 5) is 14.5. The molecule has 4 nitrogen and oxygen atoms in total. The molecule has 1 N–H and O–H groups in total. The van der Waals surface area contributed by atoms with Crippen molar-refractivity contribution in [2.45, 2.75) is 32.6 Å². The molecule has 2 fully saturated rings. The number of nitrogens with one attached hydrogen (secondary N) is 1. The summed E-state index contributed by atoms with van der Waals surface area (Å²) in [6.45, 7) is 6.99. The molecule has 0 radical (unpaired) electrons. The summed E-state index contributed by atoms with van der Waals surface area (Å²) in [5.74, 6) is 2.41. The van der Waals surface area contributed by atoms with Gasteiger partial charge in [-0.05, 0) is 74.9 Å². The van der Waals surface area contributed by atoms with Crippen LogP contribution in [0.1, 0.15) is 43.0 Å². The number of amides is 1. The molecular weight excluding hydrogens is 324 g/mol. The molecule has 2 saturated heterocycles. The Kier molecular flexibility index (Phi) is 7.38. The molecule has 0 saturated carbocycles. The lowest BCUT2D eigenvalue weighted by atomic mass is 9.98. The number of likely N-dealkylation sites (tertiary alicyclic amines) is 1. The van der Waals surface area contributed by atoms with E-state index in [1.54, 1.807) is 0 Å². The Morgan fingerprint density at radius 3 is 2.38 bits per heavy atom. The third-order valence-corrected chi connectivity index (χ3v) is 5.12. The van der Waals surface area contributed by atoms with Crippen molar-refractivity contribution in [3.8, 4) is 5.75 Å². The van der Waals surface area contributed by atoms with Gasteiger partial charge in [0, 0.05) is 18.7 Å². The SMILES string of the molecule is CC1CCN(C(=O)c2ccc(OCC3CCNCC3)cc2)CC1.Cl. The van der Waals surface area contributed by atoms with E-state index in [1.807, 2.05) is 29.2 Å². The summed E-state index contributed by atoms with van der Waals surface area (Å²) in [6, 6.07) is 7.66. The highest BCUT2D eigenvalue weighted by molar-refractivity contribution is 5.94. The number of piperidine rings is 2. The van der Waals surface area contributed by atoms with Crippen LogP contribution in [0, 0.1) is 11.8 Å². The maximum absolute atomic E-state index is 12.5. The highest BCUT2D eigenvalue weighted by Gasteiger charge is 2.21. The zero-order chi connectivity index (χ0) is 16.1. The third-order valence-electron chi connectivity index (χ3n) is 5.12. The molecular formula is C19H29ClN2O2. The predicted molar refractivity (Wildman–Crippen MR) is 99.1 cm³/mol. The van der Waals surface area contributed by atoms with E-state index in [1.165, 1.54) is 12.8 Å². The second-order valence-electron chi connectivity index (χ2n) is 7.00. The summed E-state index contributed by atoms with van der Waals surface area (Å²) < 4.78 is 5.89. The lowest BCUT2D eigenvalue weighted by Crippen LogP contribution is -2.37. The number of benzene rings is 1. The Balaban J connectivity index is 0.00000208. The largest absolute Gasteiger partial charge is 0.493 e. The molecule has 0 aliphatic carbocycles. The molecule has 3 rings (SSSR count). The van der Waals surface area contributed by atoms with Gasteiger partial charge in [0.1, 0.15) is 5.75 Å². The minimum absolute atomic E-state index is 0. The quantitative estimate of drug-likeness (QED) is 0.903. The first kappa shape index (κ1) is 19.1. The molecule has 2 heterocycles. The van der Waals surface area contributed by atoms with Crippen LogP contribution in [0.25, 0.3) is 0 Å². The zero-order valence-corrected chi connectivity index (χ0v) is 15.3. The highest BCUT2D eigenvalue weighted by atomic mass is 35.5. The number of nitrogens with zero attached hydrogens (tertiary/aromatic N) is 1. The van der Waals surface area contributed by atoms with Crippen LogP contribution in [-0.2, 0) is 0 Å². The van der Waals surface area contributed by atoms with E-state index in [2.05, 4.69) is 12.2 Å². The predicted octanol–water partition coefficient (Wildman–Crippen LogP) is 3.36. The minimum atomic E-state index is 0. The van der Waals surface area contributed by atoms with Gasteiger partial charge in [-0.15, -0.1) is 12.4 Å². The van der Waals surface area contributed by atoms with Crippen LogP contribution < -0.4 is 10.1 Å². The Hall–Kier alpha value is -1.26. The summed E-state index contributed by atoms with van der Waals surface area (Å²) in [7, 11) is 0. The van der Waals surface area contributed by atoms with Gasteiger partial charge in [-0.1, -0.05) is 6.92 Å². The van der Waals surface area contributed by atoms with Gasteiger partial charge in [0.05, 0.1) is 6.61 Å². The Morgan fingerprint density at radius 1 is 1.12 bits per heavy atom. The Labute approximate surface area is 151 Å². The summed E-state index contributed by atoms with van der Waals surface area (Å²) in [6.07, 6.45) is 4.60. The van der Waals surface area contributed by atoms with E-state index in [4.69, 9.17) is 4.74 Å². The van der Waals surface area contributed by atoms with Crippen molar-refractivity contribution in [1.82, 2.24) is 10.2 Å². The molecule has 1 amide bonds. The zero-order valence-electron chi connectivity index (χ0n) is 14.5. The van der Waals surface area contributed by atoms with Crippen LogP contribution in [0.4, 0.5) is 0 Å². The van der Waals surface area contributed by atoms with E-state index >= 15 is 0 Å². The van der Waals surface area contributed by atoms with E-state index < -0.39 is 0 Å². The van der Waals surface area contributed by atoms with Gasteiger partial charge in [-0.3, -0.25) is 4.79 Å². The van der Waals surface area contributed by atoms with Gasteiger partial charge >= 0.3 is 0 Å². The van der Waals surface area contributed by atoms with Gasteiger partial charge in [-0.25, -0.2) is 0 Å². The van der Waals surface area contributed by atoms with Crippen molar-refractivity contribution in [3.05, 3.63) is 29.8 Å². The number of hydrogen-bond acceptors (Lipinski definition) is 3. The first-order valence-corrected chi connectivity index (χ1v) is 8.95. The van der Waals surface area contributed by atoms with Gasteiger partial charge < -0.3 is 15.0 Å². The second kappa shape index (κ2) is 9.28. The van der Waals surface area contributed by atoms with Gasteiger partial charge in [0.25, 0.3) is 5.91 Å².